The predicted molar refractivity (Wildman–Crippen MR) is 36.4 cm³/mol. The second-order valence-corrected chi connectivity index (χ2v) is 1.72. The summed E-state index contributed by atoms with van der Waals surface area (Å²) in [6.45, 7) is 2.19. The van der Waals surface area contributed by atoms with Crippen LogP contribution in [0.3, 0.4) is 0 Å². The average Bonchev–Trinajstić information content (AvgIpc) is 1.85. The van der Waals surface area contributed by atoms with Crippen molar-refractivity contribution in [1.82, 2.24) is 0 Å². The Balaban J connectivity index is 3.06. The number of ether oxygens (including phenoxy) is 2. The summed E-state index contributed by atoms with van der Waals surface area (Å²) >= 11 is 3.00. The first-order valence-corrected chi connectivity index (χ1v) is 3.72. The van der Waals surface area contributed by atoms with Gasteiger partial charge >= 0.3 is 5.97 Å². The van der Waals surface area contributed by atoms with E-state index >= 15 is 0 Å². The SMILES string of the molecule is CCOC(=O)COCBr. The van der Waals surface area contributed by atoms with Gasteiger partial charge in [0.1, 0.15) is 12.1 Å². The number of halogens is 1. The molecule has 4 heteroatoms. The molecule has 0 fully saturated rings. The van der Waals surface area contributed by atoms with Crippen LogP contribution in [0.5, 0.6) is 0 Å². The molecule has 0 radical (unpaired) electrons. The fourth-order valence-corrected chi connectivity index (χ4v) is 0.486. The Bertz CT molecular complexity index is 84.3. The van der Waals surface area contributed by atoms with Gasteiger partial charge in [-0.25, -0.2) is 4.79 Å². The summed E-state index contributed by atoms with van der Waals surface area (Å²) in [6.07, 6.45) is 0. The van der Waals surface area contributed by atoms with Crippen LogP contribution in [0.2, 0.25) is 0 Å². The van der Waals surface area contributed by atoms with Gasteiger partial charge in [-0.05, 0) is 6.92 Å². The highest BCUT2D eigenvalue weighted by Crippen LogP contribution is 1.84. The van der Waals surface area contributed by atoms with Crippen LogP contribution in [0, 0.1) is 0 Å². The normalized spacial score (nSPS) is 9.11. The maximum Gasteiger partial charge on any atom is 0.332 e. The van der Waals surface area contributed by atoms with Gasteiger partial charge in [-0.3, -0.25) is 0 Å². The van der Waals surface area contributed by atoms with Gasteiger partial charge in [0.25, 0.3) is 0 Å². The molecule has 0 bridgehead atoms. The molecule has 0 aromatic rings. The van der Waals surface area contributed by atoms with Crippen molar-refractivity contribution >= 4 is 21.9 Å². The molecule has 0 spiro atoms. The third-order valence-electron chi connectivity index (χ3n) is 0.602. The van der Waals surface area contributed by atoms with E-state index < -0.39 is 0 Å². The Morgan fingerprint density at radius 3 is 2.78 bits per heavy atom. The molecule has 0 saturated carbocycles. The van der Waals surface area contributed by atoms with Crippen LogP contribution in [0.1, 0.15) is 6.92 Å². The van der Waals surface area contributed by atoms with Gasteiger partial charge in [0.05, 0.1) is 6.61 Å². The zero-order chi connectivity index (χ0) is 7.11. The van der Waals surface area contributed by atoms with E-state index in [1.54, 1.807) is 6.92 Å². The molecule has 0 amide bonds. The summed E-state index contributed by atoms with van der Waals surface area (Å²) in [7, 11) is 0. The second-order valence-electron chi connectivity index (χ2n) is 1.26. The molecule has 0 atom stereocenters. The highest BCUT2D eigenvalue weighted by molar-refractivity contribution is 9.09. The van der Waals surface area contributed by atoms with Crippen LogP contribution >= 0.6 is 15.9 Å². The Kier molecular flexibility index (Phi) is 5.98. The molecule has 0 aliphatic heterocycles. The van der Waals surface area contributed by atoms with Crippen molar-refractivity contribution in [2.45, 2.75) is 6.92 Å². The molecule has 0 saturated heterocycles. The summed E-state index contributed by atoms with van der Waals surface area (Å²) < 4.78 is 9.25. The smallest absolute Gasteiger partial charge is 0.332 e. The number of hydrogen-bond acceptors (Lipinski definition) is 3. The number of alkyl halides is 1. The first-order valence-electron chi connectivity index (χ1n) is 2.60. The van der Waals surface area contributed by atoms with Crippen LogP contribution in [0.25, 0.3) is 0 Å². The van der Waals surface area contributed by atoms with Crippen molar-refractivity contribution in [2.24, 2.45) is 0 Å². The topological polar surface area (TPSA) is 35.5 Å². The van der Waals surface area contributed by atoms with E-state index in [0.717, 1.165) is 0 Å². The Morgan fingerprint density at radius 2 is 2.33 bits per heavy atom. The third kappa shape index (κ3) is 5.79. The minimum absolute atomic E-state index is 0.0269. The summed E-state index contributed by atoms with van der Waals surface area (Å²) in [5.41, 5.74) is 0.367. The van der Waals surface area contributed by atoms with Crippen molar-refractivity contribution in [1.29, 1.82) is 0 Å². The van der Waals surface area contributed by atoms with Crippen LogP contribution in [0.15, 0.2) is 0 Å². The highest BCUT2D eigenvalue weighted by Gasteiger charge is 1.98. The van der Waals surface area contributed by atoms with Gasteiger partial charge in [-0.2, -0.15) is 0 Å². The van der Waals surface area contributed by atoms with E-state index in [0.29, 0.717) is 12.1 Å². The zero-order valence-electron chi connectivity index (χ0n) is 5.22. The third-order valence-corrected chi connectivity index (χ3v) is 0.926. The fourth-order valence-electron chi connectivity index (χ4n) is 0.325. The summed E-state index contributed by atoms with van der Waals surface area (Å²) in [4.78, 5) is 10.4. The fraction of sp³-hybridized carbons (Fsp3) is 0.800. The Morgan fingerprint density at radius 1 is 1.67 bits per heavy atom. The Hall–Kier alpha value is -0.0900. The monoisotopic (exact) mass is 196 g/mol. The van der Waals surface area contributed by atoms with E-state index in [4.69, 9.17) is 0 Å². The maximum absolute atomic E-state index is 10.4. The first-order chi connectivity index (χ1) is 4.31. The van der Waals surface area contributed by atoms with Gasteiger partial charge < -0.3 is 9.47 Å². The van der Waals surface area contributed by atoms with Gasteiger partial charge in [-0.15, -0.1) is 0 Å². The predicted octanol–water partition coefficient (Wildman–Crippen LogP) is 0.918. The summed E-state index contributed by atoms with van der Waals surface area (Å²) in [5.74, 6) is -0.322. The van der Waals surface area contributed by atoms with E-state index in [2.05, 4.69) is 25.4 Å². The van der Waals surface area contributed by atoms with Crippen molar-refractivity contribution in [2.75, 3.05) is 18.7 Å². The molecular formula is C5H9BrO3. The summed E-state index contributed by atoms with van der Waals surface area (Å²) in [5, 5.41) is 0. The van der Waals surface area contributed by atoms with Gasteiger partial charge in [0, 0.05) is 0 Å². The van der Waals surface area contributed by atoms with E-state index in [9.17, 15) is 4.79 Å². The quantitative estimate of drug-likeness (QED) is 0.496. The lowest BCUT2D eigenvalue weighted by Gasteiger charge is -1.98. The molecule has 0 aliphatic rings. The molecule has 54 valence electrons. The lowest BCUT2D eigenvalue weighted by Crippen LogP contribution is -2.11. The molecule has 0 N–H and O–H groups in total. The van der Waals surface area contributed by atoms with Crippen LogP contribution in [-0.4, -0.2) is 24.7 Å². The van der Waals surface area contributed by atoms with Gasteiger partial charge in [0.2, 0.25) is 0 Å². The van der Waals surface area contributed by atoms with E-state index in [1.165, 1.54) is 0 Å². The number of carbonyl (C=O) groups is 1. The molecule has 0 aliphatic carbocycles. The molecule has 0 rings (SSSR count). The van der Waals surface area contributed by atoms with E-state index in [-0.39, 0.29) is 12.6 Å². The summed E-state index contributed by atoms with van der Waals surface area (Å²) in [6, 6.07) is 0. The lowest BCUT2D eigenvalue weighted by atomic mass is 10.7. The molecule has 0 unspecified atom stereocenters. The van der Waals surface area contributed by atoms with E-state index in [1.807, 2.05) is 0 Å². The number of hydrogen-bond donors (Lipinski definition) is 0. The van der Waals surface area contributed by atoms with Crippen LogP contribution < -0.4 is 0 Å². The zero-order valence-corrected chi connectivity index (χ0v) is 6.81. The van der Waals surface area contributed by atoms with Crippen molar-refractivity contribution in [3.63, 3.8) is 0 Å². The second kappa shape index (κ2) is 6.04. The van der Waals surface area contributed by atoms with Crippen molar-refractivity contribution in [3.05, 3.63) is 0 Å². The standard InChI is InChI=1S/C5H9BrO3/c1-2-9-5(7)3-8-4-6/h2-4H2,1H3. The van der Waals surface area contributed by atoms with Gasteiger partial charge in [0.15, 0.2) is 0 Å². The Labute approximate surface area is 62.5 Å². The molecular weight excluding hydrogens is 188 g/mol. The van der Waals surface area contributed by atoms with Gasteiger partial charge in [-0.1, -0.05) is 15.9 Å². The van der Waals surface area contributed by atoms with Crippen molar-refractivity contribution < 1.29 is 14.3 Å². The number of carbonyl (C=O) groups excluding carboxylic acids is 1. The molecule has 9 heavy (non-hydrogen) atoms. The highest BCUT2D eigenvalue weighted by atomic mass is 79.9. The minimum atomic E-state index is -0.322. The molecule has 0 heterocycles. The molecule has 3 nitrogen and oxygen atoms in total. The van der Waals surface area contributed by atoms with Crippen LogP contribution in [0.4, 0.5) is 0 Å². The number of esters is 1. The number of rotatable bonds is 4. The van der Waals surface area contributed by atoms with Crippen LogP contribution in [-0.2, 0) is 14.3 Å². The molecule has 0 aromatic carbocycles. The molecule has 0 aromatic heterocycles. The largest absolute Gasteiger partial charge is 0.464 e. The lowest BCUT2D eigenvalue weighted by molar-refractivity contribution is -0.147. The van der Waals surface area contributed by atoms with Crippen molar-refractivity contribution in [3.8, 4) is 0 Å². The minimum Gasteiger partial charge on any atom is -0.464 e. The average molecular weight is 197 g/mol. The first kappa shape index (κ1) is 8.91. The maximum atomic E-state index is 10.4.